The predicted octanol–water partition coefficient (Wildman–Crippen LogP) is 1.94. The lowest BCUT2D eigenvalue weighted by atomic mass is 10.0. The van der Waals surface area contributed by atoms with Gasteiger partial charge in [-0.15, -0.1) is 0 Å². The van der Waals surface area contributed by atoms with Crippen LogP contribution in [0.1, 0.15) is 26.7 Å². The molecule has 0 saturated carbocycles. The van der Waals surface area contributed by atoms with Gasteiger partial charge in [0, 0.05) is 11.1 Å². The largest absolute Gasteiger partial charge is 0.481 e. The van der Waals surface area contributed by atoms with Crippen LogP contribution >= 0.6 is 0 Å². The van der Waals surface area contributed by atoms with Crippen LogP contribution in [0.4, 0.5) is 5.69 Å². The Morgan fingerprint density at radius 3 is 2.40 bits per heavy atom. The molecular weight excluding hydrogens is 386 g/mol. The maximum absolute atomic E-state index is 12.5. The number of benzene rings is 2. The van der Waals surface area contributed by atoms with E-state index < -0.39 is 30.4 Å². The minimum absolute atomic E-state index is 0.0396. The average Bonchev–Trinajstić information content (AvgIpc) is 2.70. The Kier molecular flexibility index (Phi) is 8.34. The number of hydrogen-bond donors (Lipinski definition) is 4. The lowest BCUT2D eigenvalue weighted by Crippen LogP contribution is -2.51. The van der Waals surface area contributed by atoms with Gasteiger partial charge in [-0.25, -0.2) is 0 Å². The summed E-state index contributed by atoms with van der Waals surface area (Å²) in [4.78, 5) is 46.8. The van der Waals surface area contributed by atoms with E-state index in [1.165, 1.54) is 0 Å². The van der Waals surface area contributed by atoms with Crippen LogP contribution < -0.4 is 16.0 Å². The zero-order valence-electron chi connectivity index (χ0n) is 17.1. The van der Waals surface area contributed by atoms with Crippen molar-refractivity contribution in [3.8, 4) is 0 Å². The fourth-order valence-electron chi connectivity index (χ4n) is 3.11. The topological polar surface area (TPSA) is 125 Å². The minimum atomic E-state index is -1.20. The number of fused-ring (bicyclic) bond motifs is 1. The second-order valence-corrected chi connectivity index (χ2v) is 7.48. The van der Waals surface area contributed by atoms with E-state index in [1.54, 1.807) is 0 Å². The summed E-state index contributed by atoms with van der Waals surface area (Å²) in [6.45, 7) is 3.76. The molecule has 30 heavy (non-hydrogen) atoms. The van der Waals surface area contributed by atoms with Gasteiger partial charge < -0.3 is 25.9 Å². The van der Waals surface area contributed by atoms with Gasteiger partial charge in [0.2, 0.25) is 11.8 Å². The average molecular weight is 413 g/mol. The van der Waals surface area contributed by atoms with Crippen molar-refractivity contribution in [3.05, 3.63) is 42.5 Å². The first-order chi connectivity index (χ1) is 14.3. The highest BCUT2D eigenvalue weighted by Gasteiger charge is 2.25. The molecule has 2 aromatic carbocycles. The molecule has 160 valence electrons. The van der Waals surface area contributed by atoms with E-state index >= 15 is 0 Å². The molecule has 0 aromatic heterocycles. The number of carboxylic acids is 1. The number of aliphatic carboxylic acids is 1. The molecule has 0 bridgehead atoms. The SMILES string of the molecule is CC(C)C[C@H](NC(=O)CNc1cccc2ccccc12)C(=O)N[C@H](C=O)CC(=O)O. The lowest BCUT2D eigenvalue weighted by Gasteiger charge is -2.22. The third-order valence-corrected chi connectivity index (χ3v) is 4.47. The molecule has 0 heterocycles. The molecule has 2 rings (SSSR count). The van der Waals surface area contributed by atoms with Crippen molar-refractivity contribution < 1.29 is 24.3 Å². The summed E-state index contributed by atoms with van der Waals surface area (Å²) in [6.07, 6.45) is 0.215. The Labute approximate surface area is 175 Å². The van der Waals surface area contributed by atoms with Crippen LogP contribution in [0, 0.1) is 5.92 Å². The van der Waals surface area contributed by atoms with Gasteiger partial charge in [-0.1, -0.05) is 50.2 Å². The van der Waals surface area contributed by atoms with Gasteiger partial charge in [0.25, 0.3) is 0 Å². The normalized spacial score (nSPS) is 12.8. The second kappa shape index (κ2) is 10.9. The van der Waals surface area contributed by atoms with Gasteiger partial charge in [-0.05, 0) is 23.8 Å². The van der Waals surface area contributed by atoms with Crippen LogP contribution in [0.3, 0.4) is 0 Å². The summed E-state index contributed by atoms with van der Waals surface area (Å²) in [5.74, 6) is -2.07. The zero-order chi connectivity index (χ0) is 22.1. The van der Waals surface area contributed by atoms with E-state index in [-0.39, 0.29) is 18.4 Å². The maximum atomic E-state index is 12.5. The van der Waals surface area contributed by atoms with Crippen molar-refractivity contribution in [2.45, 2.75) is 38.8 Å². The molecule has 8 nitrogen and oxygen atoms in total. The molecule has 2 atom stereocenters. The first kappa shape index (κ1) is 22.9. The summed E-state index contributed by atoms with van der Waals surface area (Å²) < 4.78 is 0. The number of carbonyl (C=O) groups excluding carboxylic acids is 3. The Bertz CT molecular complexity index is 907. The summed E-state index contributed by atoms with van der Waals surface area (Å²) in [5, 5.41) is 19.0. The number of amides is 2. The fraction of sp³-hybridized carbons (Fsp3) is 0.364. The number of carbonyl (C=O) groups is 4. The van der Waals surface area contributed by atoms with Gasteiger partial charge in [-0.2, -0.15) is 0 Å². The molecule has 0 saturated heterocycles. The molecular formula is C22H27N3O5. The van der Waals surface area contributed by atoms with Gasteiger partial charge in [0.15, 0.2) is 0 Å². The van der Waals surface area contributed by atoms with Crippen molar-refractivity contribution in [2.24, 2.45) is 5.92 Å². The van der Waals surface area contributed by atoms with Gasteiger partial charge in [-0.3, -0.25) is 14.4 Å². The van der Waals surface area contributed by atoms with Crippen molar-refractivity contribution in [3.63, 3.8) is 0 Å². The highest BCUT2D eigenvalue weighted by atomic mass is 16.4. The summed E-state index contributed by atoms with van der Waals surface area (Å²) >= 11 is 0. The lowest BCUT2D eigenvalue weighted by molar-refractivity contribution is -0.139. The minimum Gasteiger partial charge on any atom is -0.481 e. The van der Waals surface area contributed by atoms with Crippen molar-refractivity contribution in [1.82, 2.24) is 10.6 Å². The van der Waals surface area contributed by atoms with E-state index in [0.717, 1.165) is 16.5 Å². The monoisotopic (exact) mass is 413 g/mol. The van der Waals surface area contributed by atoms with Crippen LogP contribution in [-0.2, 0) is 19.2 Å². The van der Waals surface area contributed by atoms with Gasteiger partial charge in [0.05, 0.1) is 19.0 Å². The quantitative estimate of drug-likeness (QED) is 0.417. The fourth-order valence-corrected chi connectivity index (χ4v) is 3.11. The molecule has 2 aromatic rings. The third kappa shape index (κ3) is 6.88. The Morgan fingerprint density at radius 2 is 1.73 bits per heavy atom. The van der Waals surface area contributed by atoms with Crippen molar-refractivity contribution >= 4 is 40.5 Å². The first-order valence-electron chi connectivity index (χ1n) is 9.78. The van der Waals surface area contributed by atoms with E-state index in [2.05, 4.69) is 16.0 Å². The predicted molar refractivity (Wildman–Crippen MR) is 114 cm³/mol. The third-order valence-electron chi connectivity index (χ3n) is 4.47. The second-order valence-electron chi connectivity index (χ2n) is 7.48. The molecule has 0 radical (unpaired) electrons. The molecule has 0 unspecified atom stereocenters. The number of anilines is 1. The van der Waals surface area contributed by atoms with Crippen LogP contribution in [0.2, 0.25) is 0 Å². The molecule has 0 aliphatic carbocycles. The Balaban J connectivity index is 2.01. The number of rotatable bonds is 11. The highest BCUT2D eigenvalue weighted by molar-refractivity contribution is 5.96. The number of aldehydes is 1. The van der Waals surface area contributed by atoms with E-state index in [0.29, 0.717) is 12.7 Å². The highest BCUT2D eigenvalue weighted by Crippen LogP contribution is 2.22. The van der Waals surface area contributed by atoms with Crippen LogP contribution in [0.5, 0.6) is 0 Å². The number of hydrogen-bond acceptors (Lipinski definition) is 5. The van der Waals surface area contributed by atoms with E-state index in [1.807, 2.05) is 56.3 Å². The smallest absolute Gasteiger partial charge is 0.305 e. The van der Waals surface area contributed by atoms with E-state index in [9.17, 15) is 19.2 Å². The Hall–Kier alpha value is -3.42. The van der Waals surface area contributed by atoms with Crippen LogP contribution in [0.25, 0.3) is 10.8 Å². The van der Waals surface area contributed by atoms with Crippen molar-refractivity contribution in [1.29, 1.82) is 0 Å². The molecule has 0 aliphatic rings. The standard InChI is InChI=1S/C22H27N3O5/c1-14(2)10-19(22(30)24-16(13-26)11-21(28)29)25-20(27)12-23-18-9-5-7-15-6-3-4-8-17(15)18/h3-9,13-14,16,19,23H,10-12H2,1-2H3,(H,24,30)(H,25,27)(H,28,29)/t16-,19-/m0/s1. The molecule has 0 spiro atoms. The summed E-state index contributed by atoms with van der Waals surface area (Å²) in [6, 6.07) is 11.5. The molecule has 8 heteroatoms. The summed E-state index contributed by atoms with van der Waals surface area (Å²) in [7, 11) is 0. The van der Waals surface area contributed by atoms with Crippen LogP contribution in [0.15, 0.2) is 42.5 Å². The van der Waals surface area contributed by atoms with E-state index in [4.69, 9.17) is 5.11 Å². The first-order valence-corrected chi connectivity index (χ1v) is 9.78. The van der Waals surface area contributed by atoms with Crippen LogP contribution in [-0.4, -0.2) is 47.8 Å². The number of nitrogens with one attached hydrogen (secondary N) is 3. The van der Waals surface area contributed by atoms with Crippen molar-refractivity contribution in [2.75, 3.05) is 11.9 Å². The molecule has 4 N–H and O–H groups in total. The summed E-state index contributed by atoms with van der Waals surface area (Å²) in [5.41, 5.74) is 0.801. The number of carboxylic acid groups (broad SMARTS) is 1. The zero-order valence-corrected chi connectivity index (χ0v) is 17.1. The van der Waals surface area contributed by atoms with Gasteiger partial charge >= 0.3 is 5.97 Å². The molecule has 0 fully saturated rings. The molecule has 2 amide bonds. The Morgan fingerprint density at radius 1 is 1.03 bits per heavy atom. The van der Waals surface area contributed by atoms with Gasteiger partial charge in [0.1, 0.15) is 12.3 Å². The maximum Gasteiger partial charge on any atom is 0.305 e. The molecule has 0 aliphatic heterocycles.